The van der Waals surface area contributed by atoms with Crippen LogP contribution in [0.5, 0.6) is 0 Å². The van der Waals surface area contributed by atoms with E-state index in [1.54, 1.807) is 0 Å². The van der Waals surface area contributed by atoms with Gasteiger partial charge in [-0.25, -0.2) is 0 Å². The maximum atomic E-state index is 5.42. The molecule has 0 aromatic rings. The first-order valence-corrected chi connectivity index (χ1v) is 4.94. The van der Waals surface area contributed by atoms with E-state index >= 15 is 0 Å². The Morgan fingerprint density at radius 3 is 2.33 bits per heavy atom. The molecule has 1 atom stereocenters. The zero-order valence-corrected chi connectivity index (χ0v) is 5.98. The molecule has 0 saturated carbocycles. The van der Waals surface area contributed by atoms with Gasteiger partial charge in [-0.15, -0.1) is 0 Å². The fraction of sp³-hybridized carbons (Fsp3) is 1.00. The van der Waals surface area contributed by atoms with Gasteiger partial charge in [-0.2, -0.15) is 0 Å². The van der Waals surface area contributed by atoms with Crippen LogP contribution in [0.15, 0.2) is 0 Å². The summed E-state index contributed by atoms with van der Waals surface area (Å²) in [5.41, 5.74) is 5.42. The van der Waals surface area contributed by atoms with Crippen LogP contribution in [0.4, 0.5) is 0 Å². The van der Waals surface area contributed by atoms with Crippen molar-refractivity contribution in [2.75, 3.05) is 0 Å². The van der Waals surface area contributed by atoms with E-state index < -0.39 is 0 Å². The Kier molecular flexibility index (Phi) is 3.95. The normalized spacial score (nSPS) is 14.5. The molecule has 0 spiro atoms. The van der Waals surface area contributed by atoms with Crippen molar-refractivity contribution in [3.05, 3.63) is 0 Å². The topological polar surface area (TPSA) is 26.0 Å². The van der Waals surface area contributed by atoms with E-state index in [0.717, 1.165) is 15.0 Å². The van der Waals surface area contributed by atoms with Crippen LogP contribution in [0, 0.1) is 0 Å². The zero-order valence-electron chi connectivity index (χ0n) is 4.27. The van der Waals surface area contributed by atoms with Crippen molar-refractivity contribution >= 4 is 15.0 Å². The molecule has 0 bridgehead atoms. The Morgan fingerprint density at radius 1 is 1.83 bits per heavy atom. The SMILES string of the molecule is C[Se]CC(C)N. The second-order valence-electron chi connectivity index (χ2n) is 1.43. The van der Waals surface area contributed by atoms with Crippen LogP contribution >= 0.6 is 0 Å². The Hall–Kier alpha value is 0.479. The average Bonchev–Trinajstić information content (AvgIpc) is 1.35. The summed E-state index contributed by atoms with van der Waals surface area (Å²) in [6.07, 6.45) is 0. The minimum absolute atomic E-state index is 0.426. The fourth-order valence-corrected chi connectivity index (χ4v) is 1.37. The molecule has 0 amide bonds. The molecule has 0 heterocycles. The summed E-state index contributed by atoms with van der Waals surface area (Å²) < 4.78 is 0. The molecule has 1 nitrogen and oxygen atoms in total. The van der Waals surface area contributed by atoms with Gasteiger partial charge in [0.1, 0.15) is 0 Å². The van der Waals surface area contributed by atoms with Gasteiger partial charge in [0.2, 0.25) is 0 Å². The maximum absolute atomic E-state index is 5.42. The van der Waals surface area contributed by atoms with Gasteiger partial charge in [-0.1, -0.05) is 0 Å². The molecule has 38 valence electrons. The summed E-state index contributed by atoms with van der Waals surface area (Å²) in [7, 11) is 0. The molecule has 0 aliphatic rings. The van der Waals surface area contributed by atoms with Crippen molar-refractivity contribution < 1.29 is 0 Å². The molecule has 2 heteroatoms. The Morgan fingerprint density at radius 2 is 2.33 bits per heavy atom. The third kappa shape index (κ3) is 4.48. The minimum atomic E-state index is 0.426. The van der Waals surface area contributed by atoms with Crippen LogP contribution in [-0.2, 0) is 0 Å². The van der Waals surface area contributed by atoms with Gasteiger partial charge in [0.05, 0.1) is 0 Å². The monoisotopic (exact) mass is 153 g/mol. The van der Waals surface area contributed by atoms with Crippen LogP contribution in [0.2, 0.25) is 11.1 Å². The fourth-order valence-electron chi connectivity index (χ4n) is 0.263. The van der Waals surface area contributed by atoms with Gasteiger partial charge >= 0.3 is 44.8 Å². The molecule has 0 saturated heterocycles. The van der Waals surface area contributed by atoms with Gasteiger partial charge in [-0.3, -0.25) is 0 Å². The van der Waals surface area contributed by atoms with Gasteiger partial charge in [-0.05, 0) is 0 Å². The summed E-state index contributed by atoms with van der Waals surface area (Å²) >= 11 is 0.772. The van der Waals surface area contributed by atoms with Crippen molar-refractivity contribution in [1.82, 2.24) is 0 Å². The number of hydrogen-bond donors (Lipinski definition) is 1. The van der Waals surface area contributed by atoms with Crippen LogP contribution in [-0.4, -0.2) is 21.0 Å². The first-order chi connectivity index (χ1) is 2.77. The molecule has 0 aromatic heterocycles. The van der Waals surface area contributed by atoms with E-state index in [9.17, 15) is 0 Å². The Balaban J connectivity index is 2.63. The second kappa shape index (κ2) is 3.66. The van der Waals surface area contributed by atoms with Crippen molar-refractivity contribution in [2.45, 2.75) is 24.1 Å². The predicted octanol–water partition coefficient (Wildman–Crippen LogP) is 0.504. The first kappa shape index (κ1) is 6.48. The molecule has 2 N–H and O–H groups in total. The van der Waals surface area contributed by atoms with Crippen LogP contribution in [0.3, 0.4) is 0 Å². The molecule has 0 aliphatic carbocycles. The van der Waals surface area contributed by atoms with Gasteiger partial charge in [0.15, 0.2) is 0 Å². The Labute approximate surface area is 45.5 Å². The summed E-state index contributed by atoms with van der Waals surface area (Å²) in [6.45, 7) is 2.05. The van der Waals surface area contributed by atoms with Crippen LogP contribution in [0.25, 0.3) is 0 Å². The standard InChI is InChI=1S/C4H11NSe/c1-4(5)3-6-2/h4H,3,5H2,1-2H3. The van der Waals surface area contributed by atoms with Crippen molar-refractivity contribution in [2.24, 2.45) is 5.73 Å². The second-order valence-corrected chi connectivity index (χ2v) is 3.34. The van der Waals surface area contributed by atoms with E-state index in [1.165, 1.54) is 5.32 Å². The number of rotatable bonds is 2. The molecular weight excluding hydrogens is 141 g/mol. The molecule has 0 fully saturated rings. The van der Waals surface area contributed by atoms with Crippen molar-refractivity contribution in [1.29, 1.82) is 0 Å². The molecule has 0 radical (unpaired) electrons. The summed E-state index contributed by atoms with van der Waals surface area (Å²) in [5, 5.41) is 1.22. The van der Waals surface area contributed by atoms with E-state index in [0.29, 0.717) is 6.04 Å². The van der Waals surface area contributed by atoms with E-state index in [2.05, 4.69) is 5.82 Å². The first-order valence-electron chi connectivity index (χ1n) is 2.02. The van der Waals surface area contributed by atoms with E-state index in [-0.39, 0.29) is 0 Å². The van der Waals surface area contributed by atoms with Crippen molar-refractivity contribution in [3.63, 3.8) is 0 Å². The predicted molar refractivity (Wildman–Crippen MR) is 30.1 cm³/mol. The molecule has 0 aromatic carbocycles. The Bertz CT molecular complexity index is 28.7. The number of nitrogens with two attached hydrogens (primary N) is 1. The van der Waals surface area contributed by atoms with Crippen molar-refractivity contribution in [3.8, 4) is 0 Å². The summed E-state index contributed by atoms with van der Waals surface area (Å²) in [5.74, 6) is 2.20. The van der Waals surface area contributed by atoms with Crippen LogP contribution in [0.1, 0.15) is 6.92 Å². The molecule has 0 aliphatic heterocycles. The molecule has 0 rings (SSSR count). The summed E-state index contributed by atoms with van der Waals surface area (Å²) in [6, 6.07) is 0.426. The van der Waals surface area contributed by atoms with Gasteiger partial charge in [0.25, 0.3) is 0 Å². The van der Waals surface area contributed by atoms with E-state index in [1.807, 2.05) is 6.92 Å². The number of hydrogen-bond acceptors (Lipinski definition) is 1. The van der Waals surface area contributed by atoms with Crippen LogP contribution < -0.4 is 5.73 Å². The summed E-state index contributed by atoms with van der Waals surface area (Å²) in [4.78, 5) is 0. The zero-order chi connectivity index (χ0) is 4.99. The third-order valence-corrected chi connectivity index (χ3v) is 2.23. The van der Waals surface area contributed by atoms with E-state index in [4.69, 9.17) is 5.73 Å². The molecular formula is C4H11NSe. The molecule has 1 unspecified atom stereocenters. The molecule has 6 heavy (non-hydrogen) atoms. The van der Waals surface area contributed by atoms with Gasteiger partial charge < -0.3 is 0 Å². The van der Waals surface area contributed by atoms with Gasteiger partial charge in [0, 0.05) is 0 Å². The quantitative estimate of drug-likeness (QED) is 0.573. The average molecular weight is 152 g/mol. The third-order valence-electron chi connectivity index (χ3n) is 0.430.